The maximum absolute atomic E-state index is 12.0. The topological polar surface area (TPSA) is 84.9 Å². The van der Waals surface area contributed by atoms with Gasteiger partial charge in [-0.2, -0.15) is 0 Å². The minimum atomic E-state index is -1.26. The number of phenolic OH excluding ortho intramolecular Hbond substituents is 1. The molecular weight excluding hydrogens is 262 g/mol. The van der Waals surface area contributed by atoms with Gasteiger partial charge >= 0.3 is 11.9 Å². The molecule has 0 bridgehead atoms. The summed E-state index contributed by atoms with van der Waals surface area (Å²) < 4.78 is 9.76. The second kappa shape index (κ2) is 6.27. The minimum Gasteiger partial charge on any atom is -0.508 e. The fourth-order valence-corrected chi connectivity index (χ4v) is 1.42. The number of phenols is 1. The first kappa shape index (κ1) is 15.8. The fourth-order valence-electron chi connectivity index (χ4n) is 1.42. The van der Waals surface area contributed by atoms with E-state index in [-0.39, 0.29) is 5.75 Å². The standard InChI is InChI=1S/C14H19NO5/c1-14(2,3)20-13(18)11(12(17)19-4)15-9-5-7-10(16)8-6-9/h5-8,11,15-16H,1-4H3/t11-/m1/s1. The van der Waals surface area contributed by atoms with Crippen molar-refractivity contribution in [2.75, 3.05) is 12.4 Å². The molecule has 1 aromatic carbocycles. The molecule has 0 aliphatic rings. The van der Waals surface area contributed by atoms with Crippen molar-refractivity contribution in [3.8, 4) is 5.75 Å². The van der Waals surface area contributed by atoms with Gasteiger partial charge in [0.05, 0.1) is 7.11 Å². The number of methoxy groups -OCH3 is 1. The Kier molecular flexibility index (Phi) is 4.96. The van der Waals surface area contributed by atoms with Crippen molar-refractivity contribution in [1.82, 2.24) is 0 Å². The Morgan fingerprint density at radius 2 is 1.70 bits per heavy atom. The average molecular weight is 281 g/mol. The summed E-state index contributed by atoms with van der Waals surface area (Å²) in [5, 5.41) is 11.9. The van der Waals surface area contributed by atoms with Crippen molar-refractivity contribution in [3.05, 3.63) is 24.3 Å². The van der Waals surface area contributed by atoms with E-state index in [9.17, 15) is 14.7 Å². The van der Waals surface area contributed by atoms with Crippen LogP contribution in [0.4, 0.5) is 5.69 Å². The summed E-state index contributed by atoms with van der Waals surface area (Å²) in [4.78, 5) is 23.7. The summed E-state index contributed by atoms with van der Waals surface area (Å²) >= 11 is 0. The van der Waals surface area contributed by atoms with Crippen molar-refractivity contribution in [2.24, 2.45) is 0 Å². The number of hydrogen-bond acceptors (Lipinski definition) is 6. The zero-order chi connectivity index (χ0) is 15.3. The van der Waals surface area contributed by atoms with Crippen LogP contribution in [0.3, 0.4) is 0 Å². The first-order chi connectivity index (χ1) is 9.23. The molecule has 0 amide bonds. The summed E-state index contributed by atoms with van der Waals surface area (Å²) in [6.45, 7) is 5.12. The summed E-state index contributed by atoms with van der Waals surface area (Å²) in [6, 6.07) is 4.69. The van der Waals surface area contributed by atoms with Crippen LogP contribution in [-0.4, -0.2) is 35.8 Å². The smallest absolute Gasteiger partial charge is 0.340 e. The van der Waals surface area contributed by atoms with E-state index < -0.39 is 23.6 Å². The van der Waals surface area contributed by atoms with Crippen LogP contribution in [-0.2, 0) is 19.1 Å². The van der Waals surface area contributed by atoms with Gasteiger partial charge in [-0.15, -0.1) is 0 Å². The van der Waals surface area contributed by atoms with Gasteiger partial charge in [-0.1, -0.05) is 0 Å². The normalized spacial score (nSPS) is 12.4. The third kappa shape index (κ3) is 4.79. The highest BCUT2D eigenvalue weighted by atomic mass is 16.6. The summed E-state index contributed by atoms with van der Waals surface area (Å²) in [7, 11) is 1.19. The molecule has 0 unspecified atom stereocenters. The summed E-state index contributed by atoms with van der Waals surface area (Å²) in [5.41, 5.74) is -0.218. The third-order valence-corrected chi connectivity index (χ3v) is 2.26. The summed E-state index contributed by atoms with van der Waals surface area (Å²) in [5.74, 6) is -1.38. The second-order valence-electron chi connectivity index (χ2n) is 5.18. The Bertz CT molecular complexity index is 475. The van der Waals surface area contributed by atoms with Gasteiger partial charge in [-0.3, -0.25) is 0 Å². The molecule has 0 aliphatic heterocycles. The molecule has 0 radical (unpaired) electrons. The predicted molar refractivity (Wildman–Crippen MR) is 73.4 cm³/mol. The lowest BCUT2D eigenvalue weighted by Gasteiger charge is -2.23. The third-order valence-electron chi connectivity index (χ3n) is 2.26. The quantitative estimate of drug-likeness (QED) is 0.496. The van der Waals surface area contributed by atoms with E-state index in [1.54, 1.807) is 20.8 Å². The van der Waals surface area contributed by atoms with E-state index in [1.807, 2.05) is 0 Å². The molecule has 0 aromatic heterocycles. The number of ether oxygens (including phenoxy) is 2. The Labute approximate surface area is 117 Å². The zero-order valence-corrected chi connectivity index (χ0v) is 12.0. The molecule has 0 saturated carbocycles. The van der Waals surface area contributed by atoms with Crippen LogP contribution in [0, 0.1) is 0 Å². The van der Waals surface area contributed by atoms with E-state index in [4.69, 9.17) is 4.74 Å². The van der Waals surface area contributed by atoms with Crippen LogP contribution in [0.1, 0.15) is 20.8 Å². The maximum Gasteiger partial charge on any atom is 0.340 e. The van der Waals surface area contributed by atoms with Gasteiger partial charge in [0.1, 0.15) is 11.4 Å². The van der Waals surface area contributed by atoms with Crippen LogP contribution in [0.2, 0.25) is 0 Å². The molecule has 6 nitrogen and oxygen atoms in total. The van der Waals surface area contributed by atoms with Crippen molar-refractivity contribution >= 4 is 17.6 Å². The number of esters is 2. The van der Waals surface area contributed by atoms with Crippen LogP contribution in [0.15, 0.2) is 24.3 Å². The molecule has 20 heavy (non-hydrogen) atoms. The Morgan fingerprint density at radius 1 is 1.15 bits per heavy atom. The van der Waals surface area contributed by atoms with Crippen molar-refractivity contribution < 1.29 is 24.2 Å². The Hall–Kier alpha value is -2.24. The SMILES string of the molecule is COC(=O)[C@@H](Nc1ccc(O)cc1)C(=O)OC(C)(C)C. The van der Waals surface area contributed by atoms with E-state index in [0.29, 0.717) is 5.69 Å². The van der Waals surface area contributed by atoms with E-state index in [1.165, 1.54) is 31.4 Å². The van der Waals surface area contributed by atoms with Gasteiger partial charge in [0.25, 0.3) is 0 Å². The number of carbonyl (C=O) groups excluding carboxylic acids is 2. The first-order valence-corrected chi connectivity index (χ1v) is 6.09. The molecular formula is C14H19NO5. The number of nitrogens with one attached hydrogen (secondary N) is 1. The first-order valence-electron chi connectivity index (χ1n) is 6.09. The second-order valence-corrected chi connectivity index (χ2v) is 5.18. The van der Waals surface area contributed by atoms with Crippen LogP contribution in [0.5, 0.6) is 5.75 Å². The molecule has 110 valence electrons. The molecule has 6 heteroatoms. The molecule has 2 N–H and O–H groups in total. The van der Waals surface area contributed by atoms with E-state index in [0.717, 1.165) is 0 Å². The highest BCUT2D eigenvalue weighted by Crippen LogP contribution is 2.16. The van der Waals surface area contributed by atoms with Crippen LogP contribution in [0.25, 0.3) is 0 Å². The van der Waals surface area contributed by atoms with Gasteiger partial charge in [-0.05, 0) is 45.0 Å². The molecule has 0 saturated heterocycles. The largest absolute Gasteiger partial charge is 0.508 e. The van der Waals surface area contributed by atoms with Crippen LogP contribution >= 0.6 is 0 Å². The maximum atomic E-state index is 12.0. The number of anilines is 1. The number of carbonyl (C=O) groups is 2. The lowest BCUT2D eigenvalue weighted by atomic mass is 10.2. The predicted octanol–water partition coefficient (Wildman–Crippen LogP) is 1.69. The Balaban J connectivity index is 2.87. The van der Waals surface area contributed by atoms with Gasteiger partial charge in [0.2, 0.25) is 6.04 Å². The number of benzene rings is 1. The highest BCUT2D eigenvalue weighted by Gasteiger charge is 2.32. The van der Waals surface area contributed by atoms with Crippen LogP contribution < -0.4 is 5.32 Å². The van der Waals surface area contributed by atoms with E-state index in [2.05, 4.69) is 10.1 Å². The number of aromatic hydroxyl groups is 1. The number of hydrogen-bond donors (Lipinski definition) is 2. The van der Waals surface area contributed by atoms with Crippen molar-refractivity contribution in [1.29, 1.82) is 0 Å². The molecule has 0 aliphatic carbocycles. The van der Waals surface area contributed by atoms with Crippen molar-refractivity contribution in [2.45, 2.75) is 32.4 Å². The monoisotopic (exact) mass is 281 g/mol. The fraction of sp³-hybridized carbons (Fsp3) is 0.429. The number of rotatable bonds is 4. The summed E-state index contributed by atoms with van der Waals surface area (Å²) in [6.07, 6.45) is 0. The lowest BCUT2D eigenvalue weighted by molar-refractivity contribution is -0.162. The van der Waals surface area contributed by atoms with Gasteiger partial charge < -0.3 is 19.9 Å². The molecule has 1 aromatic rings. The molecule has 0 heterocycles. The van der Waals surface area contributed by atoms with E-state index >= 15 is 0 Å². The molecule has 1 atom stereocenters. The average Bonchev–Trinajstić information content (AvgIpc) is 2.35. The minimum absolute atomic E-state index is 0.0856. The lowest BCUT2D eigenvalue weighted by Crippen LogP contribution is -2.42. The molecule has 0 spiro atoms. The Morgan fingerprint density at radius 3 is 2.15 bits per heavy atom. The van der Waals surface area contributed by atoms with Crippen molar-refractivity contribution in [3.63, 3.8) is 0 Å². The van der Waals surface area contributed by atoms with Gasteiger partial charge in [0, 0.05) is 5.69 Å². The van der Waals surface area contributed by atoms with Gasteiger partial charge in [-0.25, -0.2) is 9.59 Å². The zero-order valence-electron chi connectivity index (χ0n) is 12.0. The highest BCUT2D eigenvalue weighted by molar-refractivity contribution is 6.02. The van der Waals surface area contributed by atoms with Gasteiger partial charge in [0.15, 0.2) is 0 Å². The molecule has 1 rings (SSSR count). The molecule has 0 fully saturated rings.